The molecule has 0 atom stereocenters. The molecule has 0 saturated heterocycles. The lowest BCUT2D eigenvalue weighted by Crippen LogP contribution is -2.08. The molecule has 0 aliphatic carbocycles. The van der Waals surface area contributed by atoms with Gasteiger partial charge in [0, 0.05) is 18.0 Å². The summed E-state index contributed by atoms with van der Waals surface area (Å²) >= 11 is 0. The number of aryl methyl sites for hydroxylation is 1. The number of aromatic nitrogens is 2. The Kier molecular flexibility index (Phi) is 2.83. The number of nitrogens with zero attached hydrogens (tertiary/aromatic N) is 2. The Balaban J connectivity index is 2.64. The summed E-state index contributed by atoms with van der Waals surface area (Å²) in [6, 6.07) is 5.49. The van der Waals surface area contributed by atoms with E-state index in [1.807, 2.05) is 0 Å². The van der Waals surface area contributed by atoms with Gasteiger partial charge in [-0.1, -0.05) is 11.6 Å². The van der Waals surface area contributed by atoms with E-state index in [1.54, 1.807) is 13.0 Å². The highest BCUT2D eigenvalue weighted by Gasteiger charge is 2.34. The van der Waals surface area contributed by atoms with Crippen LogP contribution in [0.4, 0.5) is 13.2 Å². The van der Waals surface area contributed by atoms with Crippen LogP contribution in [0.1, 0.15) is 11.1 Å². The summed E-state index contributed by atoms with van der Waals surface area (Å²) in [5.41, 5.74) is 0.0350. The molecule has 2 aromatic rings. The summed E-state index contributed by atoms with van der Waals surface area (Å²) in [6.45, 7) is 1.73. The first-order valence-electron chi connectivity index (χ1n) is 4.94. The molecule has 0 N–H and O–H groups in total. The Hall–Kier alpha value is -1.91. The van der Waals surface area contributed by atoms with Crippen LogP contribution >= 0.6 is 0 Å². The Morgan fingerprint density at radius 2 is 1.71 bits per heavy atom. The second-order valence-electron chi connectivity index (χ2n) is 3.62. The van der Waals surface area contributed by atoms with Crippen molar-refractivity contribution in [3.8, 4) is 11.4 Å². The van der Waals surface area contributed by atoms with Crippen LogP contribution in [0.2, 0.25) is 0 Å². The van der Waals surface area contributed by atoms with Crippen molar-refractivity contribution in [1.29, 1.82) is 0 Å². The highest BCUT2D eigenvalue weighted by Crippen LogP contribution is 2.36. The van der Waals surface area contributed by atoms with Crippen molar-refractivity contribution in [1.82, 2.24) is 9.97 Å². The number of rotatable bonds is 1. The van der Waals surface area contributed by atoms with Crippen LogP contribution in [0, 0.1) is 6.92 Å². The van der Waals surface area contributed by atoms with Crippen LogP contribution in [0.3, 0.4) is 0 Å². The second kappa shape index (κ2) is 4.16. The van der Waals surface area contributed by atoms with Crippen molar-refractivity contribution < 1.29 is 13.2 Å². The van der Waals surface area contributed by atoms with Gasteiger partial charge in [-0.15, -0.1) is 0 Å². The Labute approximate surface area is 96.2 Å². The minimum Gasteiger partial charge on any atom is -0.237 e. The zero-order valence-electron chi connectivity index (χ0n) is 8.99. The van der Waals surface area contributed by atoms with Crippen molar-refractivity contribution in [2.24, 2.45) is 0 Å². The second-order valence-corrected chi connectivity index (χ2v) is 3.62. The van der Waals surface area contributed by atoms with E-state index in [0.717, 1.165) is 11.6 Å². The lowest BCUT2D eigenvalue weighted by atomic mass is 10.0. The lowest BCUT2D eigenvalue weighted by Gasteiger charge is -2.12. The lowest BCUT2D eigenvalue weighted by molar-refractivity contribution is -0.137. The monoisotopic (exact) mass is 238 g/mol. The normalized spacial score (nSPS) is 11.5. The SMILES string of the molecule is Cc1ccc(C(F)(F)F)c(-c2ncccn2)c1. The van der Waals surface area contributed by atoms with Gasteiger partial charge in [0.05, 0.1) is 5.56 Å². The third kappa shape index (κ3) is 2.43. The summed E-state index contributed by atoms with van der Waals surface area (Å²) in [7, 11) is 0. The molecule has 0 saturated carbocycles. The molecule has 0 unspecified atom stereocenters. The molecule has 0 aliphatic rings. The van der Waals surface area contributed by atoms with E-state index in [4.69, 9.17) is 0 Å². The van der Waals surface area contributed by atoms with Gasteiger partial charge in [0.1, 0.15) is 0 Å². The number of benzene rings is 1. The third-order valence-electron chi connectivity index (χ3n) is 2.29. The van der Waals surface area contributed by atoms with Gasteiger partial charge in [-0.2, -0.15) is 13.2 Å². The Morgan fingerprint density at radius 1 is 1.06 bits per heavy atom. The van der Waals surface area contributed by atoms with Crippen LogP contribution in [-0.4, -0.2) is 9.97 Å². The third-order valence-corrected chi connectivity index (χ3v) is 2.29. The fraction of sp³-hybridized carbons (Fsp3) is 0.167. The molecule has 0 radical (unpaired) electrons. The van der Waals surface area contributed by atoms with E-state index in [0.29, 0.717) is 0 Å². The van der Waals surface area contributed by atoms with Crippen LogP contribution in [0.25, 0.3) is 11.4 Å². The maximum atomic E-state index is 12.8. The predicted octanol–water partition coefficient (Wildman–Crippen LogP) is 3.47. The van der Waals surface area contributed by atoms with Crippen molar-refractivity contribution in [2.45, 2.75) is 13.1 Å². The molecule has 0 aliphatic heterocycles. The zero-order valence-corrected chi connectivity index (χ0v) is 8.99. The largest absolute Gasteiger partial charge is 0.417 e. The Morgan fingerprint density at radius 3 is 2.29 bits per heavy atom. The van der Waals surface area contributed by atoms with E-state index in [1.165, 1.54) is 24.5 Å². The van der Waals surface area contributed by atoms with Crippen LogP contribution in [0.15, 0.2) is 36.7 Å². The molecule has 5 heteroatoms. The maximum Gasteiger partial charge on any atom is 0.417 e. The van der Waals surface area contributed by atoms with Gasteiger partial charge >= 0.3 is 6.18 Å². The van der Waals surface area contributed by atoms with E-state index in [2.05, 4.69) is 9.97 Å². The molecule has 1 aromatic carbocycles. The molecule has 88 valence electrons. The predicted molar refractivity (Wildman–Crippen MR) is 57.2 cm³/mol. The van der Waals surface area contributed by atoms with Gasteiger partial charge in [-0.25, -0.2) is 9.97 Å². The zero-order chi connectivity index (χ0) is 12.5. The van der Waals surface area contributed by atoms with E-state index in [9.17, 15) is 13.2 Å². The Bertz CT molecular complexity index is 521. The molecule has 1 heterocycles. The van der Waals surface area contributed by atoms with E-state index < -0.39 is 11.7 Å². The maximum absolute atomic E-state index is 12.8. The molecule has 0 bridgehead atoms. The summed E-state index contributed by atoms with van der Waals surface area (Å²) in [5, 5.41) is 0. The molecule has 0 amide bonds. The summed E-state index contributed by atoms with van der Waals surface area (Å²) in [5.74, 6) is 0.0866. The van der Waals surface area contributed by atoms with Gasteiger partial charge in [0.25, 0.3) is 0 Å². The fourth-order valence-corrected chi connectivity index (χ4v) is 1.53. The summed E-state index contributed by atoms with van der Waals surface area (Å²) < 4.78 is 38.4. The highest BCUT2D eigenvalue weighted by atomic mass is 19.4. The average molecular weight is 238 g/mol. The highest BCUT2D eigenvalue weighted by molar-refractivity contribution is 5.62. The summed E-state index contributed by atoms with van der Waals surface area (Å²) in [4.78, 5) is 7.71. The quantitative estimate of drug-likeness (QED) is 0.760. The molecule has 0 fully saturated rings. The molecular weight excluding hydrogens is 229 g/mol. The number of hydrogen-bond acceptors (Lipinski definition) is 2. The molecule has 0 spiro atoms. The first-order valence-corrected chi connectivity index (χ1v) is 4.94. The first-order chi connectivity index (χ1) is 7.98. The smallest absolute Gasteiger partial charge is 0.237 e. The minimum atomic E-state index is -4.40. The van der Waals surface area contributed by atoms with Gasteiger partial charge in [0.2, 0.25) is 0 Å². The van der Waals surface area contributed by atoms with Crippen molar-refractivity contribution in [2.75, 3.05) is 0 Å². The van der Waals surface area contributed by atoms with Crippen molar-refractivity contribution in [3.63, 3.8) is 0 Å². The van der Waals surface area contributed by atoms with Crippen LogP contribution in [0.5, 0.6) is 0 Å². The minimum absolute atomic E-state index is 0.0121. The molecule has 17 heavy (non-hydrogen) atoms. The number of hydrogen-bond donors (Lipinski definition) is 0. The van der Waals surface area contributed by atoms with E-state index in [-0.39, 0.29) is 11.4 Å². The van der Waals surface area contributed by atoms with Gasteiger partial charge in [-0.3, -0.25) is 0 Å². The summed E-state index contributed by atoms with van der Waals surface area (Å²) in [6.07, 6.45) is -1.56. The average Bonchev–Trinajstić information content (AvgIpc) is 2.28. The van der Waals surface area contributed by atoms with Crippen molar-refractivity contribution >= 4 is 0 Å². The topological polar surface area (TPSA) is 25.8 Å². The molecule has 1 aromatic heterocycles. The van der Waals surface area contributed by atoms with Crippen LogP contribution < -0.4 is 0 Å². The standard InChI is InChI=1S/C12H9F3N2/c1-8-3-4-10(12(13,14)15)9(7-8)11-16-5-2-6-17-11/h2-7H,1H3. The number of halogens is 3. The fourth-order valence-electron chi connectivity index (χ4n) is 1.53. The van der Waals surface area contributed by atoms with E-state index >= 15 is 0 Å². The molecule has 2 rings (SSSR count). The van der Waals surface area contributed by atoms with Crippen molar-refractivity contribution in [3.05, 3.63) is 47.8 Å². The number of alkyl halides is 3. The molecule has 2 nitrogen and oxygen atoms in total. The van der Waals surface area contributed by atoms with Crippen LogP contribution in [-0.2, 0) is 6.18 Å². The van der Waals surface area contributed by atoms with Gasteiger partial charge < -0.3 is 0 Å². The van der Waals surface area contributed by atoms with Gasteiger partial charge in [-0.05, 0) is 25.1 Å². The molecular formula is C12H9F3N2. The van der Waals surface area contributed by atoms with Gasteiger partial charge in [0.15, 0.2) is 5.82 Å². The first kappa shape index (κ1) is 11.6.